The van der Waals surface area contributed by atoms with Crippen LogP contribution in [0.4, 0.5) is 0 Å². The summed E-state index contributed by atoms with van der Waals surface area (Å²) in [7, 11) is 3.23. The highest BCUT2D eigenvalue weighted by atomic mass is 79.9. The van der Waals surface area contributed by atoms with E-state index in [0.717, 1.165) is 60.9 Å². The minimum absolute atomic E-state index is 0.00422. The first-order valence-corrected chi connectivity index (χ1v) is 25.1. The van der Waals surface area contributed by atoms with Gasteiger partial charge in [-0.2, -0.15) is 0 Å². The molecule has 7 heterocycles. The first-order valence-electron chi connectivity index (χ1n) is 24.2. The zero-order chi connectivity index (χ0) is 48.4. The van der Waals surface area contributed by atoms with E-state index in [1.807, 2.05) is 63.3 Å². The molecule has 2 aromatic rings. The minimum atomic E-state index is -1.72. The zero-order valence-electron chi connectivity index (χ0n) is 40.4. The van der Waals surface area contributed by atoms with E-state index in [1.165, 1.54) is 12.3 Å². The Hall–Kier alpha value is -3.77. The Morgan fingerprint density at radius 2 is 1.81 bits per heavy atom. The maximum absolute atomic E-state index is 13.5. The Morgan fingerprint density at radius 1 is 1.00 bits per heavy atom. The lowest BCUT2D eigenvalue weighted by molar-refractivity contribution is -0.286. The van der Waals surface area contributed by atoms with Crippen molar-refractivity contribution in [1.29, 1.82) is 0 Å². The van der Waals surface area contributed by atoms with E-state index in [1.54, 1.807) is 31.5 Å². The number of fused-ring (bicyclic) bond motifs is 9. The number of aromatic nitrogens is 2. The van der Waals surface area contributed by atoms with E-state index in [0.29, 0.717) is 37.3 Å². The molecule has 2 N–H and O–H groups in total. The summed E-state index contributed by atoms with van der Waals surface area (Å²) in [4.78, 5) is 24.9. The van der Waals surface area contributed by atoms with Crippen LogP contribution in [0.3, 0.4) is 0 Å². The molecule has 4 fully saturated rings. The SMILES string of the molecule is C=C1C[C@@H]2C[C@@H]3CCC[C@@H](O3)c3coc(n3)C=CC[C@H]3O[C@@H](C(C)=Cc4coc(C[C@]5(O)C[C@H](OC)C[C@H]([C@H](O)C=C(C)C=C[C@@H](CC=CBr)OC)O5)n4)[C@H](C)[C@@H](OC(=O)C=CC[C@@H](C1)O2)[C@H]3C. The van der Waals surface area contributed by atoms with Crippen LogP contribution in [0.25, 0.3) is 12.2 Å². The molecule has 8 bridgehead atoms. The van der Waals surface area contributed by atoms with Gasteiger partial charge in [0.25, 0.3) is 0 Å². The van der Waals surface area contributed by atoms with Gasteiger partial charge >= 0.3 is 5.97 Å². The van der Waals surface area contributed by atoms with Gasteiger partial charge in [-0.15, -0.1) is 0 Å². The molecule has 14 atom stereocenters. The molecule has 14 nitrogen and oxygen atoms in total. The fraction of sp³-hybridized carbons (Fsp3) is 0.604. The van der Waals surface area contributed by atoms with Gasteiger partial charge in [-0.3, -0.25) is 0 Å². The van der Waals surface area contributed by atoms with E-state index in [9.17, 15) is 15.0 Å². The second-order valence-corrected chi connectivity index (χ2v) is 19.8. The van der Waals surface area contributed by atoms with Crippen LogP contribution in [0.5, 0.6) is 0 Å². The summed E-state index contributed by atoms with van der Waals surface area (Å²) >= 11 is 3.29. The second kappa shape index (κ2) is 24.4. The van der Waals surface area contributed by atoms with Crippen LogP contribution in [0.2, 0.25) is 0 Å². The topological polar surface area (TPSA) is 174 Å². The predicted octanol–water partition coefficient (Wildman–Crippen LogP) is 9.79. The minimum Gasteiger partial charge on any atom is -0.458 e. The molecule has 2 aromatic heterocycles. The Balaban J connectivity index is 1.06. The van der Waals surface area contributed by atoms with Gasteiger partial charge < -0.3 is 52.2 Å². The molecule has 0 saturated carbocycles. The summed E-state index contributed by atoms with van der Waals surface area (Å²) in [6.07, 6.45) is 23.6. The van der Waals surface area contributed by atoms with E-state index < -0.39 is 36.2 Å². The highest BCUT2D eigenvalue weighted by Gasteiger charge is 2.45. The van der Waals surface area contributed by atoms with Gasteiger partial charge in [0.05, 0.1) is 61.4 Å². The molecule has 4 saturated heterocycles. The molecule has 5 aliphatic rings. The molecule has 68 heavy (non-hydrogen) atoms. The monoisotopic (exact) mass is 1010 g/mol. The third-order valence-corrected chi connectivity index (χ3v) is 14.2. The summed E-state index contributed by atoms with van der Waals surface area (Å²) < 4.78 is 55.5. The number of aliphatic hydroxyl groups is 2. The van der Waals surface area contributed by atoms with Crippen molar-refractivity contribution in [1.82, 2.24) is 9.97 Å². The maximum atomic E-state index is 13.5. The van der Waals surface area contributed by atoms with Crippen LogP contribution in [0, 0.1) is 11.8 Å². The Kier molecular flexibility index (Phi) is 18.7. The number of halogens is 1. The molecule has 0 amide bonds. The fourth-order valence-corrected chi connectivity index (χ4v) is 10.5. The number of rotatable bonds is 12. The standard InChI is InChI=1S/C53H71BrN2O12/c1-32(19-20-38(60-6)14-11-21-54)24-44(57)47-27-42(61-7)28-53(59,68-47)29-49-55-37(30-62-49)25-34(3)51-36(5)52-35(4)45(66-51)15-10-17-48-56-43(31-63-48)46-16-8-12-40(65-46)26-41-23-33(2)22-39(64-41)13-9-18-50(58)67-52/h9-11,17-21,24-25,30-31,35-36,38-42,44-47,51-52,57,59H,2,8,12-16,22-23,26-29H2,1,3-7H3/t35-,36-,38+,39-,40-,41+,42+,44+,45+,46+,47+,51-,52-,53-/m0/s1. The number of aliphatic hydroxyl groups excluding tert-OH is 1. The quantitative estimate of drug-likeness (QED) is 0.117. The van der Waals surface area contributed by atoms with Gasteiger partial charge in [0.2, 0.25) is 5.89 Å². The molecule has 0 aliphatic carbocycles. The average molecular weight is 1010 g/mol. The molecule has 0 radical (unpaired) electrons. The Bertz CT molecular complexity index is 2170. The van der Waals surface area contributed by atoms with Crippen LogP contribution in [-0.4, -0.2) is 107 Å². The smallest absolute Gasteiger partial charge is 0.330 e. The molecular weight excluding hydrogens is 936 g/mol. The molecule has 15 heteroatoms. The average Bonchev–Trinajstić information content (AvgIpc) is 3.97. The van der Waals surface area contributed by atoms with Crippen molar-refractivity contribution in [2.75, 3.05) is 14.2 Å². The van der Waals surface area contributed by atoms with E-state index in [4.69, 9.17) is 52.0 Å². The lowest BCUT2D eigenvalue weighted by atomic mass is 9.79. The van der Waals surface area contributed by atoms with Gasteiger partial charge in [0.1, 0.15) is 36.1 Å². The fourth-order valence-electron chi connectivity index (χ4n) is 10.3. The summed E-state index contributed by atoms with van der Waals surface area (Å²) in [5, 5.41) is 23.1. The zero-order valence-corrected chi connectivity index (χ0v) is 42.0. The lowest BCUT2D eigenvalue weighted by Gasteiger charge is -2.44. The van der Waals surface area contributed by atoms with Crippen LogP contribution >= 0.6 is 15.9 Å². The molecule has 372 valence electrons. The lowest BCUT2D eigenvalue weighted by Crippen LogP contribution is -2.51. The number of nitrogens with zero attached hydrogens (tertiary/aromatic N) is 2. The third-order valence-electron chi connectivity index (χ3n) is 13.8. The van der Waals surface area contributed by atoms with Crippen molar-refractivity contribution >= 4 is 34.1 Å². The van der Waals surface area contributed by atoms with E-state index in [-0.39, 0.29) is 73.3 Å². The Labute approximate surface area is 409 Å². The number of hydrogen-bond acceptors (Lipinski definition) is 14. The van der Waals surface area contributed by atoms with Gasteiger partial charge in [-0.05, 0) is 87.9 Å². The number of oxazole rings is 2. The summed E-state index contributed by atoms with van der Waals surface area (Å²) in [5.74, 6) is -1.76. The predicted molar refractivity (Wildman–Crippen MR) is 260 cm³/mol. The number of methoxy groups -OCH3 is 2. The number of hydrogen-bond donors (Lipinski definition) is 2. The number of ether oxygens (including phenoxy) is 7. The van der Waals surface area contributed by atoms with Crippen molar-refractivity contribution in [2.45, 2.75) is 178 Å². The van der Waals surface area contributed by atoms with Crippen molar-refractivity contribution in [3.05, 3.63) is 107 Å². The van der Waals surface area contributed by atoms with Gasteiger partial charge in [-0.1, -0.05) is 84.0 Å². The highest BCUT2D eigenvalue weighted by molar-refractivity contribution is 9.11. The van der Waals surface area contributed by atoms with E-state index in [2.05, 4.69) is 29.4 Å². The van der Waals surface area contributed by atoms with Crippen LogP contribution in [-0.2, 0) is 44.4 Å². The number of esters is 1. The maximum Gasteiger partial charge on any atom is 0.330 e. The van der Waals surface area contributed by atoms with Crippen molar-refractivity contribution in [3.63, 3.8) is 0 Å². The largest absolute Gasteiger partial charge is 0.458 e. The first kappa shape index (κ1) is 52.1. The van der Waals surface area contributed by atoms with Crippen LogP contribution < -0.4 is 0 Å². The molecule has 7 rings (SSSR count). The molecule has 5 aliphatic heterocycles. The normalized spacial score (nSPS) is 34.5. The van der Waals surface area contributed by atoms with Gasteiger partial charge in [-0.25, -0.2) is 14.8 Å². The van der Waals surface area contributed by atoms with E-state index >= 15 is 0 Å². The van der Waals surface area contributed by atoms with Crippen LogP contribution in [0.15, 0.2) is 92.2 Å². The van der Waals surface area contributed by atoms with Crippen LogP contribution in [0.1, 0.15) is 128 Å². The molecule has 0 aromatic carbocycles. The second-order valence-electron chi connectivity index (χ2n) is 19.3. The number of allylic oxidation sites excluding steroid dienone is 2. The Morgan fingerprint density at radius 3 is 2.60 bits per heavy atom. The molecule has 0 unspecified atom stereocenters. The van der Waals surface area contributed by atoms with Gasteiger partial charge in [0, 0.05) is 51.4 Å². The first-order chi connectivity index (χ1) is 32.7. The third kappa shape index (κ3) is 14.2. The summed E-state index contributed by atoms with van der Waals surface area (Å²) in [6.45, 7) is 12.3. The number of carbonyl (C=O) groups is 1. The van der Waals surface area contributed by atoms with Gasteiger partial charge in [0.15, 0.2) is 11.7 Å². The van der Waals surface area contributed by atoms with Crippen molar-refractivity contribution < 1.29 is 57.0 Å². The molecular formula is C53H71BrN2O12. The highest BCUT2D eigenvalue weighted by Crippen LogP contribution is 2.40. The van der Waals surface area contributed by atoms with Crippen molar-refractivity contribution in [3.8, 4) is 0 Å². The van der Waals surface area contributed by atoms with Crippen molar-refractivity contribution in [2.24, 2.45) is 11.8 Å². The summed E-state index contributed by atoms with van der Waals surface area (Å²) in [5.41, 5.74) is 4.14. The summed E-state index contributed by atoms with van der Waals surface area (Å²) in [6, 6.07) is 0. The number of carbonyl (C=O) groups excluding carboxylic acids is 1. The molecule has 0 spiro atoms.